The van der Waals surface area contributed by atoms with Gasteiger partial charge in [0.25, 0.3) is 15.9 Å². The number of amides is 1. The molecule has 0 spiro atoms. The predicted molar refractivity (Wildman–Crippen MR) is 132 cm³/mol. The van der Waals surface area contributed by atoms with Crippen LogP contribution in [0.5, 0.6) is 0 Å². The van der Waals surface area contributed by atoms with E-state index >= 15 is 0 Å². The van der Waals surface area contributed by atoms with Crippen molar-refractivity contribution >= 4 is 21.6 Å². The van der Waals surface area contributed by atoms with Gasteiger partial charge in [-0.2, -0.15) is 0 Å². The van der Waals surface area contributed by atoms with E-state index in [1.54, 1.807) is 18.2 Å². The number of benzene rings is 3. The molecule has 0 saturated carbocycles. The molecular weight excluding hydrogens is 451 g/mol. The Hall–Kier alpha value is -3.19. The van der Waals surface area contributed by atoms with Gasteiger partial charge in [0, 0.05) is 11.6 Å². The second-order valence-corrected chi connectivity index (χ2v) is 11.0. The minimum atomic E-state index is -3.85. The number of sulfonamides is 1. The highest BCUT2D eigenvalue weighted by Gasteiger charge is 2.36. The van der Waals surface area contributed by atoms with Gasteiger partial charge in [-0.15, -0.1) is 0 Å². The number of hydrogen-bond donors (Lipinski definition) is 1. The molecule has 0 aliphatic carbocycles. The van der Waals surface area contributed by atoms with Crippen molar-refractivity contribution < 1.29 is 17.6 Å². The lowest BCUT2D eigenvalue weighted by Crippen LogP contribution is -2.35. The fraction of sp³-hybridized carbons (Fsp3) is 0.296. The minimum absolute atomic E-state index is 0.0352. The fourth-order valence-electron chi connectivity index (χ4n) is 4.64. The Morgan fingerprint density at radius 3 is 2.32 bits per heavy atom. The number of nitrogens with one attached hydrogen (secondary N) is 1. The molecule has 3 aromatic rings. The van der Waals surface area contributed by atoms with Crippen LogP contribution in [0.3, 0.4) is 0 Å². The SMILES string of the molecule is Cc1cc(C)c([C@H](C)NC(=O)c2ccc3c(c2)C[C@H](C)N3S(=O)(=O)c2ccc(F)cc2)cc1C. The van der Waals surface area contributed by atoms with Crippen molar-refractivity contribution in [2.45, 2.75) is 58.0 Å². The molecule has 1 amide bonds. The molecule has 0 unspecified atom stereocenters. The number of hydrogen-bond acceptors (Lipinski definition) is 3. The summed E-state index contributed by atoms with van der Waals surface area (Å²) < 4.78 is 41.2. The Morgan fingerprint density at radius 2 is 1.65 bits per heavy atom. The van der Waals surface area contributed by atoms with E-state index in [1.807, 2.05) is 20.8 Å². The summed E-state index contributed by atoms with van der Waals surface area (Å²) in [5.74, 6) is -0.699. The van der Waals surface area contributed by atoms with E-state index in [2.05, 4.69) is 31.3 Å². The predicted octanol–water partition coefficient (Wildman–Crippen LogP) is 5.38. The fourth-order valence-corrected chi connectivity index (χ4v) is 6.33. The summed E-state index contributed by atoms with van der Waals surface area (Å²) in [7, 11) is -3.85. The van der Waals surface area contributed by atoms with Crippen LogP contribution in [0.1, 0.15) is 58.1 Å². The van der Waals surface area contributed by atoms with Crippen molar-refractivity contribution in [1.82, 2.24) is 5.32 Å². The van der Waals surface area contributed by atoms with Gasteiger partial charge in [-0.3, -0.25) is 9.10 Å². The zero-order valence-electron chi connectivity index (χ0n) is 20.0. The van der Waals surface area contributed by atoms with Crippen LogP contribution in [0.2, 0.25) is 0 Å². The minimum Gasteiger partial charge on any atom is -0.346 e. The molecule has 3 aromatic carbocycles. The van der Waals surface area contributed by atoms with Gasteiger partial charge in [0.1, 0.15) is 5.82 Å². The van der Waals surface area contributed by atoms with Gasteiger partial charge in [-0.1, -0.05) is 12.1 Å². The van der Waals surface area contributed by atoms with Crippen molar-refractivity contribution in [2.75, 3.05) is 4.31 Å². The topological polar surface area (TPSA) is 66.5 Å². The van der Waals surface area contributed by atoms with Crippen LogP contribution in [0.25, 0.3) is 0 Å². The molecule has 178 valence electrons. The summed E-state index contributed by atoms with van der Waals surface area (Å²) in [6, 6.07) is 13.7. The van der Waals surface area contributed by atoms with Gasteiger partial charge in [-0.25, -0.2) is 12.8 Å². The molecule has 1 heterocycles. The molecule has 34 heavy (non-hydrogen) atoms. The third kappa shape index (κ3) is 4.32. The van der Waals surface area contributed by atoms with Gasteiger partial charge in [0.2, 0.25) is 0 Å². The number of carbonyl (C=O) groups is 1. The van der Waals surface area contributed by atoms with Crippen molar-refractivity contribution in [1.29, 1.82) is 0 Å². The Balaban J connectivity index is 1.58. The van der Waals surface area contributed by atoms with E-state index in [4.69, 9.17) is 0 Å². The maximum atomic E-state index is 13.3. The molecule has 0 bridgehead atoms. The molecule has 0 saturated heterocycles. The van der Waals surface area contributed by atoms with E-state index in [-0.39, 0.29) is 22.9 Å². The van der Waals surface area contributed by atoms with Crippen LogP contribution in [-0.2, 0) is 16.4 Å². The first-order valence-corrected chi connectivity index (χ1v) is 12.7. The molecule has 7 heteroatoms. The highest BCUT2D eigenvalue weighted by molar-refractivity contribution is 7.92. The number of nitrogens with zero attached hydrogens (tertiary/aromatic N) is 1. The van der Waals surface area contributed by atoms with Crippen LogP contribution in [-0.4, -0.2) is 20.4 Å². The molecule has 5 nitrogen and oxygen atoms in total. The van der Waals surface area contributed by atoms with Crippen molar-refractivity contribution in [3.8, 4) is 0 Å². The third-order valence-corrected chi connectivity index (χ3v) is 8.50. The van der Waals surface area contributed by atoms with E-state index in [0.717, 1.165) is 28.8 Å². The summed E-state index contributed by atoms with van der Waals surface area (Å²) >= 11 is 0. The highest BCUT2D eigenvalue weighted by atomic mass is 32.2. The Kier molecular flexibility index (Phi) is 6.25. The summed E-state index contributed by atoms with van der Waals surface area (Å²) in [6.07, 6.45) is 0.489. The van der Waals surface area contributed by atoms with Crippen molar-refractivity contribution in [3.05, 3.63) is 93.8 Å². The smallest absolute Gasteiger partial charge is 0.264 e. The second-order valence-electron chi connectivity index (χ2n) is 9.14. The summed E-state index contributed by atoms with van der Waals surface area (Å²) in [5, 5.41) is 3.07. The first-order valence-electron chi connectivity index (χ1n) is 11.3. The number of aryl methyl sites for hydroxylation is 3. The van der Waals surface area contributed by atoms with E-state index in [0.29, 0.717) is 17.7 Å². The molecule has 0 radical (unpaired) electrons. The van der Waals surface area contributed by atoms with E-state index in [1.165, 1.54) is 27.6 Å². The first-order chi connectivity index (χ1) is 16.0. The Labute approximate surface area is 200 Å². The summed E-state index contributed by atoms with van der Waals surface area (Å²) in [4.78, 5) is 13.1. The first kappa shape index (κ1) is 24.0. The van der Waals surface area contributed by atoms with Gasteiger partial charge < -0.3 is 5.32 Å². The average molecular weight is 481 g/mol. The normalized spacial score (nSPS) is 16.3. The molecule has 1 aliphatic rings. The molecule has 1 N–H and O–H groups in total. The molecule has 0 aromatic heterocycles. The highest BCUT2D eigenvalue weighted by Crippen LogP contribution is 2.37. The monoisotopic (exact) mass is 480 g/mol. The summed E-state index contributed by atoms with van der Waals surface area (Å²) in [5.41, 5.74) is 6.42. The lowest BCUT2D eigenvalue weighted by molar-refractivity contribution is 0.0939. The average Bonchev–Trinajstić information content (AvgIpc) is 3.12. The van der Waals surface area contributed by atoms with Crippen LogP contribution >= 0.6 is 0 Å². The van der Waals surface area contributed by atoms with Gasteiger partial charge in [0.15, 0.2) is 0 Å². The molecule has 0 fully saturated rings. The number of fused-ring (bicyclic) bond motifs is 1. The van der Waals surface area contributed by atoms with Crippen LogP contribution in [0.4, 0.5) is 10.1 Å². The Morgan fingerprint density at radius 1 is 1.00 bits per heavy atom. The summed E-state index contributed by atoms with van der Waals surface area (Å²) in [6.45, 7) is 9.95. The van der Waals surface area contributed by atoms with Crippen LogP contribution in [0, 0.1) is 26.6 Å². The standard InChI is InChI=1S/C27H29FN2O3S/c1-16-12-18(3)25(13-17(16)2)20(5)29-27(31)21-6-11-26-22(15-21)14-19(4)30(26)34(32,33)24-9-7-23(28)8-10-24/h6-13,15,19-20H,14H2,1-5H3,(H,29,31)/t19-,20-/m0/s1. The van der Waals surface area contributed by atoms with Gasteiger partial charge in [0.05, 0.1) is 16.6 Å². The molecule has 1 aliphatic heterocycles. The van der Waals surface area contributed by atoms with Crippen LogP contribution < -0.4 is 9.62 Å². The molecule has 2 atom stereocenters. The zero-order valence-corrected chi connectivity index (χ0v) is 20.8. The number of anilines is 1. The van der Waals surface area contributed by atoms with Gasteiger partial charge in [-0.05, 0) is 111 Å². The third-order valence-electron chi connectivity index (χ3n) is 6.56. The lowest BCUT2D eigenvalue weighted by atomic mass is 9.96. The lowest BCUT2D eigenvalue weighted by Gasteiger charge is -2.24. The maximum absolute atomic E-state index is 13.3. The quantitative estimate of drug-likeness (QED) is 0.533. The van der Waals surface area contributed by atoms with E-state index < -0.39 is 15.8 Å². The molecule has 4 rings (SSSR count). The molecular formula is C27H29FN2O3S. The number of rotatable bonds is 5. The van der Waals surface area contributed by atoms with Gasteiger partial charge >= 0.3 is 0 Å². The maximum Gasteiger partial charge on any atom is 0.264 e. The number of carbonyl (C=O) groups excluding carboxylic acids is 1. The van der Waals surface area contributed by atoms with Crippen LogP contribution in [0.15, 0.2) is 59.5 Å². The zero-order chi connectivity index (χ0) is 24.8. The largest absolute Gasteiger partial charge is 0.346 e. The number of halogens is 1. The van der Waals surface area contributed by atoms with Crippen molar-refractivity contribution in [3.63, 3.8) is 0 Å². The van der Waals surface area contributed by atoms with Crippen molar-refractivity contribution in [2.24, 2.45) is 0 Å². The Bertz CT molecular complexity index is 1370. The van der Waals surface area contributed by atoms with E-state index in [9.17, 15) is 17.6 Å². The second kappa shape index (κ2) is 8.87.